The van der Waals surface area contributed by atoms with Crippen LogP contribution >= 0.6 is 8.19 Å². The third-order valence-corrected chi connectivity index (χ3v) is 5.58. The number of benzene rings is 1. The minimum Gasteiger partial charge on any atom is -0.128 e. The van der Waals surface area contributed by atoms with Crippen LogP contribution in [0.15, 0.2) is 30.3 Å². The van der Waals surface area contributed by atoms with Gasteiger partial charge in [0.05, 0.1) is 0 Å². The van der Waals surface area contributed by atoms with E-state index >= 15 is 0 Å². The molecular weight excluding hydrogens is 259 g/mol. The largest absolute Gasteiger partial charge is 0.128 e. The molecule has 2 rings (SSSR count). The maximum atomic E-state index is 2.43. The number of hydrogen-bond donors (Lipinski definition) is 0. The first-order chi connectivity index (χ1) is 9.90. The van der Waals surface area contributed by atoms with Gasteiger partial charge in [-0.2, -0.15) is 0 Å². The van der Waals surface area contributed by atoms with Crippen LogP contribution < -0.4 is 0 Å². The van der Waals surface area contributed by atoms with Crippen molar-refractivity contribution in [2.45, 2.75) is 71.1 Å². The van der Waals surface area contributed by atoms with Gasteiger partial charge in [-0.3, -0.25) is 0 Å². The molecule has 1 atom stereocenters. The number of rotatable bonds is 10. The first kappa shape index (κ1) is 15.6. The Balaban J connectivity index is 1.55. The number of fused-ring (bicyclic) bond motifs is 1. The Kier molecular flexibility index (Phi) is 7.23. The highest BCUT2D eigenvalue weighted by atomic mass is 31.0. The van der Waals surface area contributed by atoms with Crippen LogP contribution in [0.2, 0.25) is 0 Å². The molecule has 20 heavy (non-hydrogen) atoms. The number of unbranched alkanes of at least 4 members (excludes halogenated alkanes) is 8. The Morgan fingerprint density at radius 3 is 2.15 bits per heavy atom. The molecule has 0 aliphatic rings. The van der Waals surface area contributed by atoms with Crippen molar-refractivity contribution in [3.05, 3.63) is 35.6 Å². The molecule has 1 unspecified atom stereocenters. The molecule has 0 amide bonds. The molecule has 0 bridgehead atoms. The van der Waals surface area contributed by atoms with Gasteiger partial charge in [-0.25, -0.2) is 0 Å². The summed E-state index contributed by atoms with van der Waals surface area (Å²) in [6.45, 7) is 2.29. The molecule has 2 aromatic rings. The van der Waals surface area contributed by atoms with Gasteiger partial charge in [0.25, 0.3) is 0 Å². The van der Waals surface area contributed by atoms with Crippen LogP contribution in [-0.4, -0.2) is 0 Å². The molecule has 0 aliphatic heterocycles. The maximum Gasteiger partial charge on any atom is -0.00156 e. The van der Waals surface area contributed by atoms with Crippen molar-refractivity contribution in [2.24, 2.45) is 0 Å². The lowest BCUT2D eigenvalue weighted by Crippen LogP contribution is -1.83. The SMILES string of the molecule is CCCCCCCCCCCc1cc2ccccc2[pH]1. The number of hydrogen-bond acceptors (Lipinski definition) is 0. The van der Waals surface area contributed by atoms with Crippen molar-refractivity contribution >= 4 is 18.7 Å². The summed E-state index contributed by atoms with van der Waals surface area (Å²) in [7, 11) is 0.944. The molecule has 0 radical (unpaired) electrons. The van der Waals surface area contributed by atoms with Gasteiger partial charge in [0.15, 0.2) is 0 Å². The van der Waals surface area contributed by atoms with E-state index in [9.17, 15) is 0 Å². The Bertz CT molecular complexity index is 450. The first-order valence-corrected chi connectivity index (χ1v) is 9.47. The van der Waals surface area contributed by atoms with Crippen LogP contribution in [0.4, 0.5) is 0 Å². The van der Waals surface area contributed by atoms with Crippen LogP contribution in [0.25, 0.3) is 10.5 Å². The average molecular weight is 288 g/mol. The molecule has 0 saturated carbocycles. The summed E-state index contributed by atoms with van der Waals surface area (Å²) in [5.41, 5.74) is 0. The molecule has 0 aliphatic carbocycles. The lowest BCUT2D eigenvalue weighted by Gasteiger charge is -2.01. The van der Waals surface area contributed by atoms with Crippen LogP contribution in [0.1, 0.15) is 70.0 Å². The van der Waals surface area contributed by atoms with Crippen molar-refractivity contribution in [3.63, 3.8) is 0 Å². The van der Waals surface area contributed by atoms with Crippen molar-refractivity contribution in [1.29, 1.82) is 0 Å². The second-order valence-corrected chi connectivity index (χ2v) is 7.39. The molecule has 1 aromatic heterocycles. The second-order valence-electron chi connectivity index (χ2n) is 5.96. The van der Waals surface area contributed by atoms with E-state index in [1.807, 2.05) is 0 Å². The molecule has 1 aromatic carbocycles. The molecule has 1 heterocycles. The highest BCUT2D eigenvalue weighted by molar-refractivity contribution is 7.38. The zero-order valence-electron chi connectivity index (χ0n) is 13.0. The molecule has 0 fully saturated rings. The third kappa shape index (κ3) is 5.33. The summed E-state index contributed by atoms with van der Waals surface area (Å²) >= 11 is 0. The molecule has 0 nitrogen and oxygen atoms in total. The van der Waals surface area contributed by atoms with Gasteiger partial charge in [0.1, 0.15) is 0 Å². The molecular formula is C19H29P. The minimum atomic E-state index is 0.944. The predicted molar refractivity (Wildman–Crippen MR) is 94.4 cm³/mol. The van der Waals surface area contributed by atoms with E-state index in [1.54, 1.807) is 10.4 Å². The number of aryl methyl sites for hydroxylation is 1. The van der Waals surface area contributed by atoms with Crippen LogP contribution in [0, 0.1) is 0 Å². The zero-order chi connectivity index (χ0) is 14.0. The lowest BCUT2D eigenvalue weighted by atomic mass is 10.1. The smallest absolute Gasteiger partial charge is 0.00156 e. The Hall–Kier alpha value is -0.740. The van der Waals surface area contributed by atoms with Crippen LogP contribution in [0.3, 0.4) is 0 Å². The molecule has 1 heteroatoms. The van der Waals surface area contributed by atoms with Crippen LogP contribution in [-0.2, 0) is 6.42 Å². The Morgan fingerprint density at radius 2 is 1.45 bits per heavy atom. The van der Waals surface area contributed by atoms with E-state index in [0.717, 1.165) is 8.19 Å². The molecule has 0 spiro atoms. The predicted octanol–water partition coefficient (Wildman–Crippen LogP) is 6.94. The zero-order valence-corrected chi connectivity index (χ0v) is 14.0. The van der Waals surface area contributed by atoms with Gasteiger partial charge < -0.3 is 0 Å². The van der Waals surface area contributed by atoms with Crippen molar-refractivity contribution in [3.8, 4) is 0 Å². The van der Waals surface area contributed by atoms with E-state index in [0.29, 0.717) is 0 Å². The van der Waals surface area contributed by atoms with Gasteiger partial charge >= 0.3 is 0 Å². The molecule has 110 valence electrons. The summed E-state index contributed by atoms with van der Waals surface area (Å²) in [6, 6.07) is 11.3. The summed E-state index contributed by atoms with van der Waals surface area (Å²) < 4.78 is 0. The summed E-state index contributed by atoms with van der Waals surface area (Å²) in [5, 5.41) is 4.70. The quantitative estimate of drug-likeness (QED) is 0.415. The fourth-order valence-electron chi connectivity index (χ4n) is 2.89. The second kappa shape index (κ2) is 9.24. The summed E-state index contributed by atoms with van der Waals surface area (Å²) in [4.78, 5) is 0. The monoisotopic (exact) mass is 288 g/mol. The fraction of sp³-hybridized carbons (Fsp3) is 0.579. The van der Waals surface area contributed by atoms with Crippen molar-refractivity contribution in [1.82, 2.24) is 0 Å². The normalized spacial score (nSPS) is 11.7. The third-order valence-electron chi connectivity index (χ3n) is 4.14. The maximum absolute atomic E-state index is 2.43. The lowest BCUT2D eigenvalue weighted by molar-refractivity contribution is 0.565. The Labute approximate surface area is 126 Å². The first-order valence-electron chi connectivity index (χ1n) is 8.47. The van der Waals surface area contributed by atoms with E-state index in [-0.39, 0.29) is 0 Å². The Morgan fingerprint density at radius 1 is 0.800 bits per heavy atom. The minimum absolute atomic E-state index is 0.944. The van der Waals surface area contributed by atoms with E-state index in [1.165, 1.54) is 69.6 Å². The van der Waals surface area contributed by atoms with E-state index in [4.69, 9.17) is 0 Å². The topological polar surface area (TPSA) is 0 Å². The molecule has 0 saturated heterocycles. The van der Waals surface area contributed by atoms with Crippen molar-refractivity contribution < 1.29 is 0 Å². The van der Waals surface area contributed by atoms with E-state index in [2.05, 4.69) is 37.3 Å². The summed E-state index contributed by atoms with van der Waals surface area (Å²) in [6.07, 6.45) is 14.2. The van der Waals surface area contributed by atoms with Gasteiger partial charge in [-0.15, -0.1) is 8.19 Å². The molecule has 0 N–H and O–H groups in total. The van der Waals surface area contributed by atoms with Gasteiger partial charge in [-0.1, -0.05) is 82.6 Å². The van der Waals surface area contributed by atoms with Crippen LogP contribution in [0.5, 0.6) is 0 Å². The summed E-state index contributed by atoms with van der Waals surface area (Å²) in [5.74, 6) is 0. The fourth-order valence-corrected chi connectivity index (χ4v) is 4.25. The highest BCUT2D eigenvalue weighted by Gasteiger charge is 1.99. The average Bonchev–Trinajstić information content (AvgIpc) is 2.88. The standard InChI is InChI=1S/C19H29P/c1-2-3-4-5-6-7-8-9-10-14-18-16-17-13-11-12-15-19(17)20-18/h11-13,15-16,20H,2-10,14H2,1H3. The van der Waals surface area contributed by atoms with Gasteiger partial charge in [0, 0.05) is 0 Å². The van der Waals surface area contributed by atoms with E-state index < -0.39 is 0 Å². The highest BCUT2D eigenvalue weighted by Crippen LogP contribution is 2.31. The van der Waals surface area contributed by atoms with Gasteiger partial charge in [-0.05, 0) is 34.7 Å². The van der Waals surface area contributed by atoms with Crippen molar-refractivity contribution in [2.75, 3.05) is 0 Å². The van der Waals surface area contributed by atoms with Gasteiger partial charge in [0.2, 0.25) is 0 Å².